The highest BCUT2D eigenvalue weighted by molar-refractivity contribution is 5.92. The molecule has 0 spiro atoms. The predicted octanol–water partition coefficient (Wildman–Crippen LogP) is 1.48. The summed E-state index contributed by atoms with van der Waals surface area (Å²) in [7, 11) is 0. The first-order chi connectivity index (χ1) is 12.3. The molecule has 2 rings (SSSR count). The van der Waals surface area contributed by atoms with Crippen LogP contribution in [0.1, 0.15) is 29.3 Å². The van der Waals surface area contributed by atoms with E-state index in [4.69, 9.17) is 5.73 Å². The monoisotopic (exact) mass is 371 g/mol. The van der Waals surface area contributed by atoms with Gasteiger partial charge in [0.15, 0.2) is 5.96 Å². The van der Waals surface area contributed by atoms with E-state index in [1.807, 2.05) is 6.92 Å². The quantitative estimate of drug-likeness (QED) is 0.523. The van der Waals surface area contributed by atoms with Crippen LogP contribution in [0.3, 0.4) is 0 Å². The number of primary amides is 1. The lowest BCUT2D eigenvalue weighted by Gasteiger charge is -2.19. The number of guanidine groups is 1. The molecule has 0 radical (unpaired) electrons. The Hall–Kier alpha value is -2.29. The number of amides is 1. The molecule has 4 N–H and O–H groups in total. The lowest BCUT2D eigenvalue weighted by molar-refractivity contribution is -0.143. The van der Waals surface area contributed by atoms with Crippen molar-refractivity contribution in [2.24, 2.45) is 10.7 Å². The molecular weight excluding hydrogens is 347 g/mol. The number of rotatable bonds is 6. The molecule has 26 heavy (non-hydrogen) atoms. The zero-order chi connectivity index (χ0) is 19.2. The van der Waals surface area contributed by atoms with E-state index in [9.17, 15) is 18.0 Å². The number of nitrogens with two attached hydrogens (primary N) is 1. The second-order valence-electron chi connectivity index (χ2n) is 6.24. The second-order valence-corrected chi connectivity index (χ2v) is 6.24. The topological polar surface area (TPSA) is 82.7 Å². The Labute approximate surface area is 150 Å². The molecule has 1 aliphatic heterocycles. The third kappa shape index (κ3) is 6.55. The highest BCUT2D eigenvalue weighted by Gasteiger charge is 2.34. The van der Waals surface area contributed by atoms with Crippen molar-refractivity contribution in [2.75, 3.05) is 26.2 Å². The average molecular weight is 371 g/mol. The van der Waals surface area contributed by atoms with Crippen molar-refractivity contribution in [3.63, 3.8) is 0 Å². The van der Waals surface area contributed by atoms with Gasteiger partial charge in [0.2, 0.25) is 5.91 Å². The van der Waals surface area contributed by atoms with Gasteiger partial charge in [-0.2, -0.15) is 13.2 Å². The highest BCUT2D eigenvalue weighted by atomic mass is 19.4. The molecule has 1 fully saturated rings. The number of carbonyl (C=O) groups is 1. The zero-order valence-electron chi connectivity index (χ0n) is 14.6. The van der Waals surface area contributed by atoms with E-state index in [1.54, 1.807) is 24.3 Å². The number of nitrogens with zero attached hydrogens (tertiary/aromatic N) is 2. The van der Waals surface area contributed by atoms with E-state index < -0.39 is 18.6 Å². The summed E-state index contributed by atoms with van der Waals surface area (Å²) in [6, 6.07) is 6.74. The van der Waals surface area contributed by atoms with Crippen LogP contribution in [0.5, 0.6) is 0 Å². The van der Waals surface area contributed by atoms with Crippen molar-refractivity contribution in [1.29, 1.82) is 0 Å². The number of halogens is 3. The Morgan fingerprint density at radius 2 is 2.04 bits per heavy atom. The Balaban J connectivity index is 1.91. The van der Waals surface area contributed by atoms with Gasteiger partial charge in [-0.05, 0) is 31.0 Å². The molecule has 6 nitrogen and oxygen atoms in total. The number of benzene rings is 1. The van der Waals surface area contributed by atoms with Crippen LogP contribution in [0, 0.1) is 0 Å². The van der Waals surface area contributed by atoms with E-state index in [-0.39, 0.29) is 6.04 Å². The van der Waals surface area contributed by atoms with Crippen molar-refractivity contribution in [2.45, 2.75) is 32.1 Å². The standard InChI is InChI=1S/C17H24F3N5O/c1-2-22-16(23-9-12-3-5-13(6-4-12)15(21)26)24-14-7-8-25(10-14)11-17(18,19)20/h3-6,14H,2,7-11H2,1H3,(H2,21,26)(H2,22,23,24). The molecule has 0 aliphatic carbocycles. The lowest BCUT2D eigenvalue weighted by atomic mass is 10.1. The summed E-state index contributed by atoms with van der Waals surface area (Å²) in [4.78, 5) is 16.9. The minimum absolute atomic E-state index is 0.0765. The van der Waals surface area contributed by atoms with Crippen LogP contribution in [-0.4, -0.2) is 55.2 Å². The number of nitrogens with one attached hydrogen (secondary N) is 2. The Bertz CT molecular complexity index is 630. The minimum atomic E-state index is -4.18. The van der Waals surface area contributed by atoms with Gasteiger partial charge in [0.05, 0.1) is 13.1 Å². The van der Waals surface area contributed by atoms with Gasteiger partial charge in [0.25, 0.3) is 0 Å². The van der Waals surface area contributed by atoms with Gasteiger partial charge >= 0.3 is 6.18 Å². The lowest BCUT2D eigenvalue weighted by Crippen LogP contribution is -2.45. The first kappa shape index (κ1) is 20.0. The number of aliphatic imine (C=N–C) groups is 1. The molecule has 1 saturated heterocycles. The molecule has 0 saturated carbocycles. The van der Waals surface area contributed by atoms with Crippen molar-refractivity contribution in [3.8, 4) is 0 Å². The first-order valence-corrected chi connectivity index (χ1v) is 8.49. The van der Waals surface area contributed by atoms with Gasteiger partial charge in [0.1, 0.15) is 0 Å². The summed E-state index contributed by atoms with van der Waals surface area (Å²) in [5.41, 5.74) is 6.54. The molecule has 0 bridgehead atoms. The maximum atomic E-state index is 12.5. The Kier molecular flexibility index (Phi) is 6.84. The molecule has 1 aromatic carbocycles. The summed E-state index contributed by atoms with van der Waals surface area (Å²) in [6.07, 6.45) is -3.54. The number of carbonyl (C=O) groups excluding carboxylic acids is 1. The van der Waals surface area contributed by atoms with Gasteiger partial charge in [0, 0.05) is 31.2 Å². The van der Waals surface area contributed by atoms with Crippen molar-refractivity contribution < 1.29 is 18.0 Å². The van der Waals surface area contributed by atoms with E-state index in [2.05, 4.69) is 15.6 Å². The van der Waals surface area contributed by atoms with Gasteiger partial charge in [-0.1, -0.05) is 12.1 Å². The summed E-state index contributed by atoms with van der Waals surface area (Å²) < 4.78 is 37.4. The summed E-state index contributed by atoms with van der Waals surface area (Å²) in [5.74, 6) is 0.0741. The number of likely N-dealkylation sites (tertiary alicyclic amines) is 1. The van der Waals surface area contributed by atoms with Crippen molar-refractivity contribution >= 4 is 11.9 Å². The van der Waals surface area contributed by atoms with Gasteiger partial charge in [-0.15, -0.1) is 0 Å². The van der Waals surface area contributed by atoms with Crippen molar-refractivity contribution in [1.82, 2.24) is 15.5 Å². The van der Waals surface area contributed by atoms with E-state index in [0.717, 1.165) is 5.56 Å². The van der Waals surface area contributed by atoms with Crippen LogP contribution >= 0.6 is 0 Å². The fraction of sp³-hybridized carbons (Fsp3) is 0.529. The molecule has 1 heterocycles. The Morgan fingerprint density at radius 1 is 1.35 bits per heavy atom. The summed E-state index contributed by atoms with van der Waals surface area (Å²) in [6.45, 7) is 2.80. The molecule has 144 valence electrons. The predicted molar refractivity (Wildman–Crippen MR) is 93.8 cm³/mol. The molecule has 1 aliphatic rings. The van der Waals surface area contributed by atoms with Gasteiger partial charge in [-0.25, -0.2) is 4.99 Å². The second kappa shape index (κ2) is 8.88. The van der Waals surface area contributed by atoms with Crippen LogP contribution in [-0.2, 0) is 6.54 Å². The summed E-state index contributed by atoms with van der Waals surface area (Å²) >= 11 is 0. The van der Waals surface area contributed by atoms with Gasteiger partial charge in [-0.3, -0.25) is 9.69 Å². The molecule has 1 unspecified atom stereocenters. The van der Waals surface area contributed by atoms with Gasteiger partial charge < -0.3 is 16.4 Å². The van der Waals surface area contributed by atoms with Crippen LogP contribution in [0.4, 0.5) is 13.2 Å². The van der Waals surface area contributed by atoms with E-state index >= 15 is 0 Å². The molecule has 9 heteroatoms. The first-order valence-electron chi connectivity index (χ1n) is 8.49. The zero-order valence-corrected chi connectivity index (χ0v) is 14.6. The smallest absolute Gasteiger partial charge is 0.366 e. The minimum Gasteiger partial charge on any atom is -0.366 e. The molecule has 1 atom stereocenters. The number of hydrogen-bond acceptors (Lipinski definition) is 3. The Morgan fingerprint density at radius 3 is 2.62 bits per heavy atom. The number of hydrogen-bond donors (Lipinski definition) is 3. The highest BCUT2D eigenvalue weighted by Crippen LogP contribution is 2.19. The molecule has 1 aromatic rings. The normalized spacial score (nSPS) is 18.8. The molecule has 0 aromatic heterocycles. The van der Waals surface area contributed by atoms with Crippen molar-refractivity contribution in [3.05, 3.63) is 35.4 Å². The third-order valence-electron chi connectivity index (χ3n) is 4.02. The third-order valence-corrected chi connectivity index (χ3v) is 4.02. The van der Waals surface area contributed by atoms with Crippen LogP contribution in [0.15, 0.2) is 29.3 Å². The maximum Gasteiger partial charge on any atom is 0.401 e. The summed E-state index contributed by atoms with van der Waals surface area (Å²) in [5, 5.41) is 6.28. The maximum absolute atomic E-state index is 12.5. The van der Waals surface area contributed by atoms with Crippen LogP contribution in [0.2, 0.25) is 0 Å². The van der Waals surface area contributed by atoms with E-state index in [0.29, 0.717) is 44.1 Å². The van der Waals surface area contributed by atoms with E-state index in [1.165, 1.54) is 4.90 Å². The number of alkyl halides is 3. The SMILES string of the molecule is CCNC(=NCc1ccc(C(N)=O)cc1)NC1CCN(CC(F)(F)F)C1. The fourth-order valence-corrected chi connectivity index (χ4v) is 2.81. The van der Waals surface area contributed by atoms with Crippen LogP contribution < -0.4 is 16.4 Å². The molecular formula is C17H24F3N5O. The molecule has 1 amide bonds. The largest absolute Gasteiger partial charge is 0.401 e. The van der Waals surface area contributed by atoms with Crippen LogP contribution in [0.25, 0.3) is 0 Å². The average Bonchev–Trinajstić information content (AvgIpc) is 2.98. The fourth-order valence-electron chi connectivity index (χ4n) is 2.81.